The van der Waals surface area contributed by atoms with Crippen LogP contribution in [0.1, 0.15) is 11.1 Å². The van der Waals surface area contributed by atoms with E-state index < -0.39 is 10.9 Å². The number of hydrogen-bond acceptors (Lipinski definition) is 3. The molecular weight excluding hydrogens is 281 g/mol. The minimum atomic E-state index is -0.542. The lowest BCUT2D eigenvalue weighted by atomic mass is 9.97. The molecule has 0 aliphatic heterocycles. The van der Waals surface area contributed by atoms with Crippen molar-refractivity contribution in [3.63, 3.8) is 0 Å². The zero-order valence-electron chi connectivity index (χ0n) is 12.2. The van der Waals surface area contributed by atoms with Crippen LogP contribution in [-0.4, -0.2) is 0 Å². The fraction of sp³-hybridized carbons (Fsp3) is 0.111. The molecule has 0 aromatic heterocycles. The van der Waals surface area contributed by atoms with E-state index in [0.717, 1.165) is 5.56 Å². The number of rotatable bonds is 3. The van der Waals surface area contributed by atoms with E-state index in [4.69, 9.17) is 0 Å². The van der Waals surface area contributed by atoms with Gasteiger partial charge in [0.15, 0.2) is 0 Å². The maximum absolute atomic E-state index is 13.1. The summed E-state index contributed by atoms with van der Waals surface area (Å²) in [5, 5.41) is 2.96. The molecule has 3 aromatic rings. The molecule has 0 fully saturated rings. The smallest absolute Gasteiger partial charge is 0.250 e. The molecule has 22 heavy (non-hydrogen) atoms. The number of aryl methyl sites for hydroxylation is 2. The number of nitrogens with one attached hydrogen (secondary N) is 1. The van der Waals surface area contributed by atoms with E-state index in [1.54, 1.807) is 13.0 Å². The summed E-state index contributed by atoms with van der Waals surface area (Å²) in [5.41, 5.74) is 2.68. The Balaban J connectivity index is 2.02. The predicted octanol–water partition coefficient (Wildman–Crippen LogP) is 3.45. The highest BCUT2D eigenvalue weighted by Gasteiger charge is 2.22. The van der Waals surface area contributed by atoms with Crippen molar-refractivity contribution in [2.24, 2.45) is 0 Å². The molecule has 0 aliphatic rings. The van der Waals surface area contributed by atoms with Gasteiger partial charge >= 0.3 is 0 Å². The van der Waals surface area contributed by atoms with E-state index in [9.17, 15) is 14.0 Å². The van der Waals surface area contributed by atoms with Crippen LogP contribution in [0.15, 0.2) is 52.1 Å². The lowest BCUT2D eigenvalue weighted by molar-refractivity contribution is 0.627. The molecule has 0 spiro atoms. The van der Waals surface area contributed by atoms with Gasteiger partial charge in [-0.15, -0.1) is 0 Å². The summed E-state index contributed by atoms with van der Waals surface area (Å²) in [6.07, 6.45) is 0. The van der Waals surface area contributed by atoms with Crippen LogP contribution in [0.3, 0.4) is 0 Å². The van der Waals surface area contributed by atoms with Crippen LogP contribution in [0.4, 0.5) is 15.8 Å². The first-order valence-electron chi connectivity index (χ1n) is 6.91. The number of benzene rings is 2. The van der Waals surface area contributed by atoms with Gasteiger partial charge in [-0.2, -0.15) is 0 Å². The molecule has 0 bridgehead atoms. The van der Waals surface area contributed by atoms with Crippen LogP contribution in [0.2, 0.25) is 0 Å². The van der Waals surface area contributed by atoms with Crippen molar-refractivity contribution in [2.75, 3.05) is 5.32 Å². The summed E-state index contributed by atoms with van der Waals surface area (Å²) >= 11 is 0. The Bertz CT molecular complexity index is 919. The van der Waals surface area contributed by atoms with Crippen LogP contribution in [0.25, 0.3) is 11.1 Å². The first-order chi connectivity index (χ1) is 10.5. The van der Waals surface area contributed by atoms with Gasteiger partial charge in [0.2, 0.25) is 5.43 Å². The Morgan fingerprint density at radius 1 is 0.909 bits per heavy atom. The Morgan fingerprint density at radius 3 is 2.23 bits per heavy atom. The van der Waals surface area contributed by atoms with Crippen molar-refractivity contribution in [3.8, 4) is 11.1 Å². The van der Waals surface area contributed by atoms with Crippen molar-refractivity contribution < 1.29 is 4.39 Å². The van der Waals surface area contributed by atoms with Crippen LogP contribution >= 0.6 is 0 Å². The number of anilines is 2. The van der Waals surface area contributed by atoms with E-state index in [1.165, 1.54) is 12.1 Å². The van der Waals surface area contributed by atoms with E-state index >= 15 is 0 Å². The van der Waals surface area contributed by atoms with Crippen molar-refractivity contribution in [1.29, 1.82) is 0 Å². The fourth-order valence-corrected chi connectivity index (χ4v) is 2.41. The molecule has 0 amide bonds. The molecule has 3 rings (SSSR count). The van der Waals surface area contributed by atoms with Crippen molar-refractivity contribution in [3.05, 3.63) is 79.9 Å². The second-order valence-electron chi connectivity index (χ2n) is 5.36. The standard InChI is InChI=1S/C18H14FNO2/c1-10-3-5-12(6-4-10)15-16(18(22)17(15)21)20-14-8-7-13(19)9-11(14)2/h3-9,20H,1-2H3. The lowest BCUT2D eigenvalue weighted by Crippen LogP contribution is -2.35. The van der Waals surface area contributed by atoms with Gasteiger partial charge in [-0.1, -0.05) is 29.8 Å². The average Bonchev–Trinajstić information content (AvgIpc) is 2.50. The minimum absolute atomic E-state index is 0.267. The van der Waals surface area contributed by atoms with E-state index in [2.05, 4.69) is 5.32 Å². The first kappa shape index (κ1) is 14.2. The summed E-state index contributed by atoms with van der Waals surface area (Å²) < 4.78 is 13.1. The topological polar surface area (TPSA) is 46.2 Å². The van der Waals surface area contributed by atoms with Gasteiger partial charge in [-0.3, -0.25) is 9.59 Å². The molecular formula is C18H14FNO2. The van der Waals surface area contributed by atoms with Gasteiger partial charge in [0.1, 0.15) is 11.5 Å². The van der Waals surface area contributed by atoms with Gasteiger partial charge in [-0.25, -0.2) is 4.39 Å². The van der Waals surface area contributed by atoms with Gasteiger partial charge in [0.25, 0.3) is 5.43 Å². The Kier molecular flexibility index (Phi) is 3.37. The molecule has 0 heterocycles. The molecule has 0 unspecified atom stereocenters. The molecule has 3 nitrogen and oxygen atoms in total. The molecule has 0 saturated heterocycles. The third kappa shape index (κ3) is 2.33. The average molecular weight is 295 g/mol. The summed E-state index contributed by atoms with van der Waals surface area (Å²) in [7, 11) is 0. The summed E-state index contributed by atoms with van der Waals surface area (Å²) in [6, 6.07) is 11.6. The van der Waals surface area contributed by atoms with Crippen LogP contribution in [0, 0.1) is 19.7 Å². The highest BCUT2D eigenvalue weighted by Crippen LogP contribution is 2.28. The molecule has 110 valence electrons. The maximum atomic E-state index is 13.1. The molecule has 1 N–H and O–H groups in total. The monoisotopic (exact) mass is 295 g/mol. The van der Waals surface area contributed by atoms with E-state index in [-0.39, 0.29) is 11.5 Å². The van der Waals surface area contributed by atoms with E-state index in [0.29, 0.717) is 22.4 Å². The summed E-state index contributed by atoms with van der Waals surface area (Å²) in [4.78, 5) is 23.7. The number of hydrogen-bond donors (Lipinski definition) is 1. The van der Waals surface area contributed by atoms with Crippen molar-refractivity contribution in [2.45, 2.75) is 13.8 Å². The summed E-state index contributed by atoms with van der Waals surface area (Å²) in [6.45, 7) is 3.69. The SMILES string of the molecule is Cc1ccc(-c2c(Nc3ccc(F)cc3C)c(=O)c2=O)cc1. The van der Waals surface area contributed by atoms with Gasteiger partial charge in [0, 0.05) is 5.69 Å². The second kappa shape index (κ2) is 5.22. The molecule has 3 aromatic carbocycles. The highest BCUT2D eigenvalue weighted by atomic mass is 19.1. The van der Waals surface area contributed by atoms with Gasteiger partial charge < -0.3 is 5.32 Å². The molecule has 0 aliphatic carbocycles. The predicted molar refractivity (Wildman–Crippen MR) is 85.9 cm³/mol. The Morgan fingerprint density at radius 2 is 1.59 bits per heavy atom. The largest absolute Gasteiger partial charge is 0.351 e. The van der Waals surface area contributed by atoms with Crippen LogP contribution in [0.5, 0.6) is 0 Å². The zero-order valence-corrected chi connectivity index (χ0v) is 12.2. The second-order valence-corrected chi connectivity index (χ2v) is 5.36. The number of halogens is 1. The van der Waals surface area contributed by atoms with Gasteiger partial charge in [0.05, 0.1) is 5.56 Å². The maximum Gasteiger partial charge on any atom is 0.250 e. The molecule has 0 saturated carbocycles. The molecule has 0 atom stereocenters. The molecule has 0 radical (unpaired) electrons. The quantitative estimate of drug-likeness (QED) is 0.753. The van der Waals surface area contributed by atoms with Crippen LogP contribution < -0.4 is 16.2 Å². The fourth-order valence-electron chi connectivity index (χ4n) is 2.41. The Labute approximate surface area is 126 Å². The third-order valence-electron chi connectivity index (χ3n) is 3.70. The zero-order chi connectivity index (χ0) is 15.9. The van der Waals surface area contributed by atoms with Crippen molar-refractivity contribution in [1.82, 2.24) is 0 Å². The summed E-state index contributed by atoms with van der Waals surface area (Å²) in [5.74, 6) is -0.341. The molecule has 4 heteroatoms. The normalized spacial score (nSPS) is 10.9. The van der Waals surface area contributed by atoms with Crippen LogP contribution in [-0.2, 0) is 0 Å². The Hall–Kier alpha value is -2.75. The first-order valence-corrected chi connectivity index (χ1v) is 6.91. The van der Waals surface area contributed by atoms with Crippen molar-refractivity contribution >= 4 is 11.4 Å². The van der Waals surface area contributed by atoms with Gasteiger partial charge in [-0.05, 0) is 43.2 Å². The lowest BCUT2D eigenvalue weighted by Gasteiger charge is -2.15. The third-order valence-corrected chi connectivity index (χ3v) is 3.70. The minimum Gasteiger partial charge on any atom is -0.351 e. The highest BCUT2D eigenvalue weighted by molar-refractivity contribution is 5.85. The van der Waals surface area contributed by atoms with E-state index in [1.807, 2.05) is 31.2 Å².